The third kappa shape index (κ3) is 4.13. The Morgan fingerprint density at radius 3 is 2.48 bits per heavy atom. The van der Waals surface area contributed by atoms with Gasteiger partial charge in [0.2, 0.25) is 5.91 Å². The highest BCUT2D eigenvalue weighted by atomic mass is 35.5. The fourth-order valence-corrected chi connectivity index (χ4v) is 3.56. The van der Waals surface area contributed by atoms with Crippen molar-refractivity contribution in [3.8, 4) is 0 Å². The summed E-state index contributed by atoms with van der Waals surface area (Å²) < 4.78 is 5.69. The highest BCUT2D eigenvalue weighted by molar-refractivity contribution is 5.89. The first-order valence-corrected chi connectivity index (χ1v) is 8.14. The van der Waals surface area contributed by atoms with Gasteiger partial charge in [-0.05, 0) is 33.7 Å². The number of nitrogens with zero attached hydrogens (tertiary/aromatic N) is 1. The molecule has 0 aromatic carbocycles. The fourth-order valence-electron chi connectivity index (χ4n) is 3.56. The minimum atomic E-state index is -0.806. The molecule has 0 aromatic heterocycles. The van der Waals surface area contributed by atoms with E-state index >= 15 is 0 Å². The largest absolute Gasteiger partial charge is 0.378 e. The van der Waals surface area contributed by atoms with E-state index in [9.17, 15) is 4.79 Å². The number of nitrogens with one attached hydrogen (secondary N) is 1. The number of nitrogens with two attached hydrogens (primary N) is 1. The summed E-state index contributed by atoms with van der Waals surface area (Å²) in [5.74, 6) is -0.00907. The number of halogens is 2. The molecule has 0 radical (unpaired) electrons. The number of ether oxygens (including phenoxy) is 1. The average Bonchev–Trinajstić information content (AvgIpc) is 2.42. The van der Waals surface area contributed by atoms with Crippen LogP contribution in [0.3, 0.4) is 0 Å². The van der Waals surface area contributed by atoms with Gasteiger partial charge in [-0.15, -0.1) is 24.8 Å². The minimum Gasteiger partial charge on any atom is -0.378 e. The highest BCUT2D eigenvalue weighted by Gasteiger charge is 2.63. The molecule has 2 fully saturated rings. The van der Waals surface area contributed by atoms with Gasteiger partial charge in [0, 0.05) is 37.1 Å². The molecule has 0 bridgehead atoms. The van der Waals surface area contributed by atoms with E-state index < -0.39 is 5.54 Å². The Morgan fingerprint density at radius 1 is 1.39 bits per heavy atom. The molecule has 2 aliphatic rings. The standard InChI is InChI=1S/C16H31N3O2.2ClH/c1-6-21-13-10-16(17,15(13,3)4)14(20)18-12-7-8-19(5)11(2)9-12;;/h11-13H,6-10,17H2,1-5H3,(H,18,20);2*1H. The van der Waals surface area contributed by atoms with Crippen molar-refractivity contribution < 1.29 is 9.53 Å². The Balaban J connectivity index is 0.00000242. The Bertz CT molecular complexity index is 409. The van der Waals surface area contributed by atoms with Crippen LogP contribution in [-0.4, -0.2) is 54.7 Å². The molecule has 4 unspecified atom stereocenters. The second-order valence-electron chi connectivity index (χ2n) is 7.37. The van der Waals surface area contributed by atoms with Crippen LogP contribution in [-0.2, 0) is 9.53 Å². The van der Waals surface area contributed by atoms with Crippen LogP contribution in [0, 0.1) is 5.41 Å². The lowest BCUT2D eigenvalue weighted by atomic mass is 9.54. The van der Waals surface area contributed by atoms with Crippen molar-refractivity contribution in [3.05, 3.63) is 0 Å². The molecule has 4 atom stereocenters. The van der Waals surface area contributed by atoms with Gasteiger partial charge < -0.3 is 20.7 Å². The van der Waals surface area contributed by atoms with Crippen molar-refractivity contribution in [1.29, 1.82) is 0 Å². The molecule has 1 saturated carbocycles. The Labute approximate surface area is 152 Å². The number of carbonyl (C=O) groups is 1. The summed E-state index contributed by atoms with van der Waals surface area (Å²) in [4.78, 5) is 15.0. The van der Waals surface area contributed by atoms with Crippen LogP contribution in [0.2, 0.25) is 0 Å². The van der Waals surface area contributed by atoms with E-state index in [1.165, 1.54) is 0 Å². The zero-order chi connectivity index (χ0) is 15.8. The summed E-state index contributed by atoms with van der Waals surface area (Å²) in [6.45, 7) is 9.94. The minimum absolute atomic E-state index is 0. The van der Waals surface area contributed by atoms with Gasteiger partial charge in [0.05, 0.1) is 6.10 Å². The van der Waals surface area contributed by atoms with Gasteiger partial charge in [0.15, 0.2) is 0 Å². The molecule has 3 N–H and O–H groups in total. The first kappa shape index (κ1) is 22.9. The SMILES string of the molecule is CCOC1CC(N)(C(=O)NC2CCN(C)C(C)C2)C1(C)C.Cl.Cl. The summed E-state index contributed by atoms with van der Waals surface area (Å²) in [6, 6.07) is 0.745. The molecule has 23 heavy (non-hydrogen) atoms. The van der Waals surface area contributed by atoms with Crippen LogP contribution in [0.5, 0.6) is 0 Å². The van der Waals surface area contributed by atoms with Crippen LogP contribution >= 0.6 is 24.8 Å². The summed E-state index contributed by atoms with van der Waals surface area (Å²) in [6.07, 6.45) is 2.68. The number of amides is 1. The predicted octanol–water partition coefficient (Wildman–Crippen LogP) is 1.96. The normalized spacial score (nSPS) is 36.2. The lowest BCUT2D eigenvalue weighted by Gasteiger charge is -2.58. The second-order valence-corrected chi connectivity index (χ2v) is 7.37. The molecule has 0 spiro atoms. The molecular weight excluding hydrogens is 337 g/mol. The summed E-state index contributed by atoms with van der Waals surface area (Å²) in [5, 5.41) is 3.18. The van der Waals surface area contributed by atoms with Gasteiger partial charge in [0.1, 0.15) is 5.54 Å². The molecule has 0 aromatic rings. The topological polar surface area (TPSA) is 67.6 Å². The van der Waals surface area contributed by atoms with Crippen LogP contribution in [0.1, 0.15) is 47.0 Å². The number of carbonyl (C=O) groups excluding carboxylic acids is 1. The molecular formula is C16H33Cl2N3O2. The monoisotopic (exact) mass is 369 g/mol. The van der Waals surface area contributed by atoms with Gasteiger partial charge in [-0.1, -0.05) is 13.8 Å². The van der Waals surface area contributed by atoms with Gasteiger partial charge in [-0.3, -0.25) is 4.79 Å². The fraction of sp³-hybridized carbons (Fsp3) is 0.938. The smallest absolute Gasteiger partial charge is 0.241 e. The summed E-state index contributed by atoms with van der Waals surface area (Å²) in [7, 11) is 2.13. The maximum Gasteiger partial charge on any atom is 0.241 e. The van der Waals surface area contributed by atoms with Crippen LogP contribution in [0.25, 0.3) is 0 Å². The van der Waals surface area contributed by atoms with E-state index in [-0.39, 0.29) is 48.3 Å². The molecule has 1 heterocycles. The van der Waals surface area contributed by atoms with Crippen molar-refractivity contribution in [3.63, 3.8) is 0 Å². The predicted molar refractivity (Wildman–Crippen MR) is 98.5 cm³/mol. The lowest BCUT2D eigenvalue weighted by molar-refractivity contribution is -0.171. The molecule has 1 aliphatic carbocycles. The van der Waals surface area contributed by atoms with E-state index in [4.69, 9.17) is 10.5 Å². The molecule has 1 amide bonds. The van der Waals surface area contributed by atoms with E-state index in [0.717, 1.165) is 19.4 Å². The Hall–Kier alpha value is -0.0700. The Morgan fingerprint density at radius 2 is 2.00 bits per heavy atom. The van der Waals surface area contributed by atoms with Gasteiger partial charge in [-0.2, -0.15) is 0 Å². The van der Waals surface area contributed by atoms with E-state index in [2.05, 4.69) is 24.2 Å². The molecule has 138 valence electrons. The zero-order valence-corrected chi connectivity index (χ0v) is 16.6. The maximum absolute atomic E-state index is 12.7. The number of hydrogen-bond donors (Lipinski definition) is 2. The van der Waals surface area contributed by atoms with Crippen molar-refractivity contribution in [1.82, 2.24) is 10.2 Å². The molecule has 2 rings (SSSR count). The first-order valence-electron chi connectivity index (χ1n) is 8.14. The molecule has 1 aliphatic heterocycles. The van der Waals surface area contributed by atoms with Gasteiger partial charge >= 0.3 is 0 Å². The molecule has 1 saturated heterocycles. The van der Waals surface area contributed by atoms with E-state index in [0.29, 0.717) is 19.1 Å². The molecule has 7 heteroatoms. The van der Waals surface area contributed by atoms with Crippen molar-refractivity contribution in [2.75, 3.05) is 20.2 Å². The highest BCUT2D eigenvalue weighted by Crippen LogP contribution is 2.49. The number of hydrogen-bond acceptors (Lipinski definition) is 4. The van der Waals surface area contributed by atoms with Crippen molar-refractivity contribution in [2.45, 2.75) is 70.7 Å². The lowest BCUT2D eigenvalue weighted by Crippen LogP contribution is -2.76. The van der Waals surface area contributed by atoms with Crippen molar-refractivity contribution >= 4 is 30.7 Å². The maximum atomic E-state index is 12.7. The zero-order valence-electron chi connectivity index (χ0n) is 14.9. The van der Waals surface area contributed by atoms with Gasteiger partial charge in [0.25, 0.3) is 0 Å². The van der Waals surface area contributed by atoms with E-state index in [1.807, 2.05) is 20.8 Å². The third-order valence-corrected chi connectivity index (χ3v) is 5.78. The van der Waals surface area contributed by atoms with Gasteiger partial charge in [-0.25, -0.2) is 0 Å². The van der Waals surface area contributed by atoms with E-state index in [1.54, 1.807) is 0 Å². The van der Waals surface area contributed by atoms with Crippen LogP contribution < -0.4 is 11.1 Å². The summed E-state index contributed by atoms with van der Waals surface area (Å²) in [5.41, 5.74) is 5.30. The Kier molecular flexibility index (Phi) is 8.32. The first-order chi connectivity index (χ1) is 9.72. The van der Waals surface area contributed by atoms with Crippen LogP contribution in [0.4, 0.5) is 0 Å². The van der Waals surface area contributed by atoms with Crippen LogP contribution in [0.15, 0.2) is 0 Å². The summed E-state index contributed by atoms with van der Waals surface area (Å²) >= 11 is 0. The number of rotatable bonds is 4. The third-order valence-electron chi connectivity index (χ3n) is 5.78. The molecule has 5 nitrogen and oxygen atoms in total. The average molecular weight is 370 g/mol. The number of piperidine rings is 1. The number of likely N-dealkylation sites (tertiary alicyclic amines) is 1. The van der Waals surface area contributed by atoms with Crippen molar-refractivity contribution in [2.24, 2.45) is 11.1 Å². The quantitative estimate of drug-likeness (QED) is 0.794. The second kappa shape index (κ2) is 8.34.